The van der Waals surface area contributed by atoms with Gasteiger partial charge in [-0.2, -0.15) is 0 Å². The fraction of sp³-hybridized carbons (Fsp3) is 0.375. The second-order valence-electron chi connectivity index (χ2n) is 7.00. The summed E-state index contributed by atoms with van der Waals surface area (Å²) in [5.41, 5.74) is 4.00. The van der Waals surface area contributed by atoms with Crippen molar-refractivity contribution >= 4 is 11.5 Å². The van der Waals surface area contributed by atoms with E-state index < -0.39 is 5.97 Å². The van der Waals surface area contributed by atoms with Gasteiger partial charge in [0.15, 0.2) is 11.5 Å². The topological polar surface area (TPSA) is 55.8 Å². The Kier molecular flexibility index (Phi) is 6.40. The lowest BCUT2D eigenvalue weighted by molar-refractivity contribution is -0.136. The van der Waals surface area contributed by atoms with Crippen LogP contribution in [0.15, 0.2) is 59.7 Å². The van der Waals surface area contributed by atoms with Crippen molar-refractivity contribution in [2.45, 2.75) is 33.6 Å². The molecule has 2 bridgehead atoms. The van der Waals surface area contributed by atoms with E-state index in [1.807, 2.05) is 38.1 Å². The van der Waals surface area contributed by atoms with Crippen LogP contribution in [0.4, 0.5) is 0 Å². The molecular weight excluding hydrogens is 352 g/mol. The molecule has 0 amide bonds. The highest BCUT2D eigenvalue weighted by atomic mass is 16.6. The van der Waals surface area contributed by atoms with Gasteiger partial charge >= 0.3 is 5.97 Å². The first-order valence-corrected chi connectivity index (χ1v) is 10.0. The Balaban J connectivity index is 0.00000109. The first-order chi connectivity index (χ1) is 13.6. The lowest BCUT2D eigenvalue weighted by atomic mass is 9.85. The van der Waals surface area contributed by atoms with Crippen molar-refractivity contribution in [1.29, 1.82) is 0 Å². The van der Waals surface area contributed by atoms with Crippen molar-refractivity contribution in [3.63, 3.8) is 0 Å². The molecule has 3 aliphatic rings. The SMILES string of the molecule is CC.C[C@@H]1CC2C=CC(CC(=O)O)=C1/C=C(c1cccc3c1OCCO3)\C=C/2. The zero-order valence-electron chi connectivity index (χ0n) is 16.8. The number of carbonyl (C=O) groups is 1. The first-order valence-electron chi connectivity index (χ1n) is 10.0. The van der Waals surface area contributed by atoms with Crippen LogP contribution < -0.4 is 9.47 Å². The number of ether oxygens (including phenoxy) is 2. The van der Waals surface area contributed by atoms with Gasteiger partial charge < -0.3 is 14.6 Å². The van der Waals surface area contributed by atoms with Crippen LogP contribution in [-0.2, 0) is 4.79 Å². The van der Waals surface area contributed by atoms with E-state index in [-0.39, 0.29) is 6.42 Å². The average Bonchev–Trinajstić information content (AvgIpc) is 2.78. The highest BCUT2D eigenvalue weighted by molar-refractivity contribution is 5.82. The zero-order chi connectivity index (χ0) is 20.1. The van der Waals surface area contributed by atoms with Gasteiger partial charge in [0.1, 0.15) is 13.2 Å². The molecule has 1 aromatic rings. The number of hydrogen-bond acceptors (Lipinski definition) is 3. The predicted octanol–water partition coefficient (Wildman–Crippen LogP) is 5.42. The lowest BCUT2D eigenvalue weighted by Crippen LogP contribution is -2.16. The second kappa shape index (κ2) is 8.96. The number of fused-ring (bicyclic) bond motifs is 4. The third-order valence-electron chi connectivity index (χ3n) is 5.12. The average molecular weight is 380 g/mol. The monoisotopic (exact) mass is 380 g/mol. The third-order valence-corrected chi connectivity index (χ3v) is 5.12. The number of para-hydroxylation sites is 1. The maximum absolute atomic E-state index is 11.3. The quantitative estimate of drug-likeness (QED) is 0.761. The van der Waals surface area contributed by atoms with Crippen molar-refractivity contribution in [3.8, 4) is 11.5 Å². The van der Waals surface area contributed by atoms with Crippen LogP contribution in [0.2, 0.25) is 0 Å². The third kappa shape index (κ3) is 4.22. The van der Waals surface area contributed by atoms with E-state index in [4.69, 9.17) is 9.47 Å². The van der Waals surface area contributed by atoms with E-state index in [1.54, 1.807) is 0 Å². The molecule has 1 N–H and O–H groups in total. The lowest BCUT2D eigenvalue weighted by Gasteiger charge is -2.23. The summed E-state index contributed by atoms with van der Waals surface area (Å²) < 4.78 is 11.6. The van der Waals surface area contributed by atoms with Gasteiger partial charge in [-0.05, 0) is 41.0 Å². The minimum absolute atomic E-state index is 0.0409. The molecule has 1 heterocycles. The number of hydrogen-bond donors (Lipinski definition) is 1. The number of carboxylic acids is 1. The van der Waals surface area contributed by atoms with Gasteiger partial charge in [-0.25, -0.2) is 0 Å². The maximum Gasteiger partial charge on any atom is 0.307 e. The molecule has 4 heteroatoms. The van der Waals surface area contributed by atoms with Crippen LogP contribution in [0.25, 0.3) is 5.57 Å². The Morgan fingerprint density at radius 3 is 2.68 bits per heavy atom. The number of carboxylic acid groups (broad SMARTS) is 1. The Bertz CT molecular complexity index is 857. The Morgan fingerprint density at radius 2 is 1.89 bits per heavy atom. The summed E-state index contributed by atoms with van der Waals surface area (Å²) in [7, 11) is 0. The molecule has 0 aromatic heterocycles. The number of rotatable bonds is 3. The van der Waals surface area contributed by atoms with Gasteiger partial charge in [-0.1, -0.05) is 63.3 Å². The standard InChI is InChI=1S/C22H22O4.C2H6/c1-14-11-15-5-7-16(12-19(14)17(8-6-15)13-21(23)24)18-3-2-4-20-22(18)26-10-9-25-20;1-2/h2-8,12,14-15H,9-11,13H2,1H3,(H,23,24);1-2H3/b7-5-,16-12+;/t14-,15?;/m1./s1. The van der Waals surface area contributed by atoms with E-state index in [9.17, 15) is 9.90 Å². The molecule has 0 radical (unpaired) electrons. The van der Waals surface area contributed by atoms with E-state index >= 15 is 0 Å². The minimum atomic E-state index is -0.802. The van der Waals surface area contributed by atoms with Gasteiger partial charge in [0.05, 0.1) is 6.42 Å². The van der Waals surface area contributed by atoms with Crippen molar-refractivity contribution in [1.82, 2.24) is 0 Å². The second-order valence-corrected chi connectivity index (χ2v) is 7.00. The fourth-order valence-electron chi connectivity index (χ4n) is 3.88. The summed E-state index contributed by atoms with van der Waals surface area (Å²) in [6.45, 7) is 7.27. The molecule has 0 saturated carbocycles. The molecule has 28 heavy (non-hydrogen) atoms. The summed E-state index contributed by atoms with van der Waals surface area (Å²) >= 11 is 0. The van der Waals surface area contributed by atoms with E-state index in [1.165, 1.54) is 0 Å². The van der Waals surface area contributed by atoms with Crippen LogP contribution in [0, 0.1) is 11.8 Å². The molecule has 1 aromatic carbocycles. The van der Waals surface area contributed by atoms with Gasteiger partial charge in [-0.3, -0.25) is 4.79 Å². The van der Waals surface area contributed by atoms with E-state index in [0.717, 1.165) is 40.2 Å². The van der Waals surface area contributed by atoms with Crippen LogP contribution in [-0.4, -0.2) is 24.3 Å². The molecule has 2 atom stereocenters. The van der Waals surface area contributed by atoms with Crippen LogP contribution >= 0.6 is 0 Å². The number of allylic oxidation sites excluding steroid dienone is 7. The number of aliphatic carboxylic acids is 1. The summed E-state index contributed by atoms with van der Waals surface area (Å²) in [6, 6.07) is 5.92. The Hall–Kier alpha value is -2.75. The first kappa shape index (κ1) is 20.0. The Labute approximate surface area is 166 Å². The molecule has 0 fully saturated rings. The van der Waals surface area contributed by atoms with Gasteiger partial charge in [0.2, 0.25) is 0 Å². The summed E-state index contributed by atoms with van der Waals surface area (Å²) in [5, 5.41) is 9.31. The van der Waals surface area contributed by atoms with Gasteiger partial charge in [-0.15, -0.1) is 0 Å². The van der Waals surface area contributed by atoms with E-state index in [2.05, 4.69) is 31.2 Å². The molecule has 1 unspecified atom stereocenters. The molecule has 0 spiro atoms. The zero-order valence-corrected chi connectivity index (χ0v) is 16.8. The minimum Gasteiger partial charge on any atom is -0.486 e. The van der Waals surface area contributed by atoms with Crippen molar-refractivity contribution in [3.05, 3.63) is 65.3 Å². The van der Waals surface area contributed by atoms with Crippen molar-refractivity contribution < 1.29 is 19.4 Å². The molecule has 4 nitrogen and oxygen atoms in total. The molecule has 2 aliphatic carbocycles. The fourth-order valence-corrected chi connectivity index (χ4v) is 3.88. The van der Waals surface area contributed by atoms with Gasteiger partial charge in [0, 0.05) is 5.56 Å². The Morgan fingerprint density at radius 1 is 1.14 bits per heavy atom. The summed E-state index contributed by atoms with van der Waals surface area (Å²) in [5.74, 6) is 1.32. The predicted molar refractivity (Wildman–Crippen MR) is 112 cm³/mol. The molecule has 4 rings (SSSR count). The maximum atomic E-state index is 11.3. The highest BCUT2D eigenvalue weighted by Gasteiger charge is 2.24. The van der Waals surface area contributed by atoms with Crippen molar-refractivity contribution in [2.75, 3.05) is 13.2 Å². The molecule has 0 saturated heterocycles. The van der Waals surface area contributed by atoms with Crippen molar-refractivity contribution in [2.24, 2.45) is 11.8 Å². The van der Waals surface area contributed by atoms with Gasteiger partial charge in [0.25, 0.3) is 0 Å². The number of benzene rings is 1. The largest absolute Gasteiger partial charge is 0.486 e. The summed E-state index contributed by atoms with van der Waals surface area (Å²) in [6.07, 6.45) is 11.6. The molecular formula is C24H28O4. The smallest absolute Gasteiger partial charge is 0.307 e. The summed E-state index contributed by atoms with van der Waals surface area (Å²) in [4.78, 5) is 11.3. The molecule has 1 aliphatic heterocycles. The van der Waals surface area contributed by atoms with Crippen LogP contribution in [0.3, 0.4) is 0 Å². The van der Waals surface area contributed by atoms with E-state index in [0.29, 0.717) is 25.0 Å². The van der Waals surface area contributed by atoms with Crippen LogP contribution in [0.1, 0.15) is 39.2 Å². The normalized spacial score (nSPS) is 25.5. The molecule has 148 valence electrons. The van der Waals surface area contributed by atoms with Crippen LogP contribution in [0.5, 0.6) is 11.5 Å². The highest BCUT2D eigenvalue weighted by Crippen LogP contribution is 2.41.